The molecule has 0 aromatic heterocycles. The predicted octanol–water partition coefficient (Wildman–Crippen LogP) is 5.70. The van der Waals surface area contributed by atoms with Gasteiger partial charge in [0.15, 0.2) is 0 Å². The molecule has 106 valence electrons. The molecule has 0 heterocycles. The van der Waals surface area contributed by atoms with Crippen LogP contribution in [0.25, 0.3) is 0 Å². The van der Waals surface area contributed by atoms with Gasteiger partial charge in [0.25, 0.3) is 0 Å². The molecule has 1 atom stereocenters. The fraction of sp³-hybridized carbons (Fsp3) is 0.250. The largest absolute Gasteiger partial charge is 0.495 e. The van der Waals surface area contributed by atoms with Crippen molar-refractivity contribution in [3.63, 3.8) is 0 Å². The Balaban J connectivity index is 2.25. The van der Waals surface area contributed by atoms with Gasteiger partial charge >= 0.3 is 0 Å². The molecule has 0 saturated carbocycles. The van der Waals surface area contributed by atoms with Gasteiger partial charge in [0.1, 0.15) is 5.75 Å². The van der Waals surface area contributed by atoms with E-state index in [1.165, 1.54) is 11.1 Å². The van der Waals surface area contributed by atoms with E-state index in [0.717, 1.165) is 20.4 Å². The van der Waals surface area contributed by atoms with E-state index in [1.54, 1.807) is 7.11 Å². The number of methoxy groups -OCH3 is 1. The van der Waals surface area contributed by atoms with E-state index in [2.05, 4.69) is 75.3 Å². The van der Waals surface area contributed by atoms with Crippen LogP contribution in [0.15, 0.2) is 45.3 Å². The first-order valence-corrected chi connectivity index (χ1v) is 7.96. The summed E-state index contributed by atoms with van der Waals surface area (Å²) in [6, 6.07) is 12.7. The lowest BCUT2D eigenvalue weighted by Gasteiger charge is -2.18. The van der Waals surface area contributed by atoms with Crippen LogP contribution in [0.4, 0.5) is 5.69 Å². The lowest BCUT2D eigenvalue weighted by Crippen LogP contribution is -2.07. The summed E-state index contributed by atoms with van der Waals surface area (Å²) in [6.45, 7) is 4.25. The van der Waals surface area contributed by atoms with Crippen molar-refractivity contribution < 1.29 is 4.74 Å². The molecule has 0 aliphatic carbocycles. The van der Waals surface area contributed by atoms with Crippen LogP contribution in [0.1, 0.15) is 24.1 Å². The molecule has 0 radical (unpaired) electrons. The Morgan fingerprint density at radius 1 is 1.10 bits per heavy atom. The maximum atomic E-state index is 5.34. The second-order valence-corrected chi connectivity index (χ2v) is 6.46. The average Bonchev–Trinajstić information content (AvgIpc) is 2.41. The highest BCUT2D eigenvalue weighted by atomic mass is 79.9. The molecule has 0 fully saturated rings. The minimum Gasteiger partial charge on any atom is -0.495 e. The van der Waals surface area contributed by atoms with Crippen molar-refractivity contribution in [2.75, 3.05) is 12.4 Å². The van der Waals surface area contributed by atoms with Crippen LogP contribution >= 0.6 is 31.9 Å². The van der Waals surface area contributed by atoms with Gasteiger partial charge in [-0.2, -0.15) is 0 Å². The fourth-order valence-corrected chi connectivity index (χ4v) is 3.32. The topological polar surface area (TPSA) is 21.3 Å². The molecule has 0 aliphatic rings. The van der Waals surface area contributed by atoms with Crippen LogP contribution in [0.2, 0.25) is 0 Å². The Labute approximate surface area is 136 Å². The maximum absolute atomic E-state index is 5.34. The average molecular weight is 399 g/mol. The van der Waals surface area contributed by atoms with Crippen LogP contribution in [0.3, 0.4) is 0 Å². The van der Waals surface area contributed by atoms with Crippen molar-refractivity contribution in [2.24, 2.45) is 0 Å². The first-order chi connectivity index (χ1) is 9.51. The molecule has 2 aromatic carbocycles. The number of halogens is 2. The lowest BCUT2D eigenvalue weighted by atomic mass is 10.1. The van der Waals surface area contributed by atoms with Crippen molar-refractivity contribution in [3.05, 3.63) is 56.5 Å². The Bertz CT molecular complexity index is 613. The van der Waals surface area contributed by atoms with Gasteiger partial charge < -0.3 is 10.1 Å². The monoisotopic (exact) mass is 397 g/mol. The lowest BCUT2D eigenvalue weighted by molar-refractivity contribution is 0.412. The molecule has 0 saturated heterocycles. The van der Waals surface area contributed by atoms with Gasteiger partial charge in [0, 0.05) is 16.6 Å². The normalized spacial score (nSPS) is 12.1. The van der Waals surface area contributed by atoms with Crippen molar-refractivity contribution in [3.8, 4) is 5.75 Å². The first-order valence-electron chi connectivity index (χ1n) is 6.37. The van der Waals surface area contributed by atoms with E-state index in [9.17, 15) is 0 Å². The SMILES string of the molecule is COc1cc(NC(C)c2cccc(C)c2)c(Br)cc1Br. The zero-order valence-electron chi connectivity index (χ0n) is 11.7. The number of rotatable bonds is 4. The fourth-order valence-electron chi connectivity index (χ4n) is 2.05. The Kier molecular flexibility index (Phi) is 5.11. The van der Waals surface area contributed by atoms with Crippen LogP contribution in [0, 0.1) is 6.92 Å². The van der Waals surface area contributed by atoms with Crippen molar-refractivity contribution in [1.29, 1.82) is 0 Å². The second-order valence-electron chi connectivity index (χ2n) is 4.75. The highest BCUT2D eigenvalue weighted by Crippen LogP contribution is 2.36. The van der Waals surface area contributed by atoms with Gasteiger partial charge in [-0.3, -0.25) is 0 Å². The minimum atomic E-state index is 0.220. The van der Waals surface area contributed by atoms with Crippen molar-refractivity contribution in [1.82, 2.24) is 0 Å². The van der Waals surface area contributed by atoms with E-state index in [-0.39, 0.29) is 6.04 Å². The molecular weight excluding hydrogens is 382 g/mol. The predicted molar refractivity (Wildman–Crippen MR) is 91.6 cm³/mol. The molecule has 0 bridgehead atoms. The number of ether oxygens (including phenoxy) is 1. The van der Waals surface area contributed by atoms with E-state index < -0.39 is 0 Å². The van der Waals surface area contributed by atoms with Crippen LogP contribution in [-0.4, -0.2) is 7.11 Å². The van der Waals surface area contributed by atoms with Crippen molar-refractivity contribution in [2.45, 2.75) is 19.9 Å². The summed E-state index contributed by atoms with van der Waals surface area (Å²) in [4.78, 5) is 0. The van der Waals surface area contributed by atoms with Gasteiger partial charge in [-0.25, -0.2) is 0 Å². The molecule has 2 rings (SSSR count). The number of hydrogen-bond donors (Lipinski definition) is 1. The van der Waals surface area contributed by atoms with Crippen LogP contribution in [0.5, 0.6) is 5.75 Å². The first kappa shape index (κ1) is 15.4. The summed E-state index contributed by atoms with van der Waals surface area (Å²) in [5.74, 6) is 0.812. The van der Waals surface area contributed by atoms with Crippen LogP contribution in [-0.2, 0) is 0 Å². The Morgan fingerprint density at radius 2 is 1.85 bits per heavy atom. The van der Waals surface area contributed by atoms with Gasteiger partial charge in [0.2, 0.25) is 0 Å². The maximum Gasteiger partial charge on any atom is 0.135 e. The molecule has 20 heavy (non-hydrogen) atoms. The molecule has 4 heteroatoms. The highest BCUT2D eigenvalue weighted by Gasteiger charge is 2.11. The molecule has 0 spiro atoms. The second kappa shape index (κ2) is 6.64. The molecule has 1 unspecified atom stereocenters. The third kappa shape index (κ3) is 3.55. The molecule has 0 aliphatic heterocycles. The summed E-state index contributed by atoms with van der Waals surface area (Å²) < 4.78 is 7.27. The van der Waals surface area contributed by atoms with Gasteiger partial charge in [-0.05, 0) is 57.3 Å². The van der Waals surface area contributed by atoms with E-state index >= 15 is 0 Å². The van der Waals surface area contributed by atoms with E-state index in [1.807, 2.05) is 12.1 Å². The molecule has 0 amide bonds. The van der Waals surface area contributed by atoms with E-state index in [0.29, 0.717) is 0 Å². The summed E-state index contributed by atoms with van der Waals surface area (Å²) in [7, 11) is 1.67. The van der Waals surface area contributed by atoms with E-state index in [4.69, 9.17) is 4.74 Å². The van der Waals surface area contributed by atoms with Gasteiger partial charge in [-0.1, -0.05) is 29.8 Å². The van der Waals surface area contributed by atoms with Crippen molar-refractivity contribution >= 4 is 37.5 Å². The molecule has 2 nitrogen and oxygen atoms in total. The molecule has 1 N–H and O–H groups in total. The zero-order valence-corrected chi connectivity index (χ0v) is 14.9. The standard InChI is InChI=1S/C16H17Br2NO/c1-10-5-4-6-12(7-10)11(2)19-15-9-16(20-3)14(18)8-13(15)17/h4-9,11,19H,1-3H3. The van der Waals surface area contributed by atoms with Crippen LogP contribution < -0.4 is 10.1 Å². The summed E-state index contributed by atoms with van der Waals surface area (Å²) in [5.41, 5.74) is 3.54. The smallest absolute Gasteiger partial charge is 0.135 e. The number of aryl methyl sites for hydroxylation is 1. The molecule has 2 aromatic rings. The number of anilines is 1. The summed E-state index contributed by atoms with van der Waals surface area (Å²) >= 11 is 7.06. The zero-order chi connectivity index (χ0) is 14.7. The highest BCUT2D eigenvalue weighted by molar-refractivity contribution is 9.11. The molecular formula is C16H17Br2NO. The number of nitrogens with one attached hydrogen (secondary N) is 1. The van der Waals surface area contributed by atoms with Gasteiger partial charge in [-0.15, -0.1) is 0 Å². The third-order valence-corrected chi connectivity index (χ3v) is 4.43. The Morgan fingerprint density at radius 3 is 2.50 bits per heavy atom. The quantitative estimate of drug-likeness (QED) is 0.712. The third-order valence-electron chi connectivity index (χ3n) is 3.16. The number of hydrogen-bond acceptors (Lipinski definition) is 2. The summed E-state index contributed by atoms with van der Waals surface area (Å²) in [5, 5.41) is 3.51. The Hall–Kier alpha value is -1.000. The summed E-state index contributed by atoms with van der Waals surface area (Å²) in [6.07, 6.45) is 0. The van der Waals surface area contributed by atoms with Gasteiger partial charge in [0.05, 0.1) is 17.3 Å². The minimum absolute atomic E-state index is 0.220. The number of benzene rings is 2.